The number of esters is 1. The molecule has 0 unspecified atom stereocenters. The normalized spacial score (nSPS) is 10.5. The average molecular weight is 375 g/mol. The van der Waals surface area contributed by atoms with E-state index in [0.29, 0.717) is 31.9 Å². The molecule has 0 aliphatic carbocycles. The van der Waals surface area contributed by atoms with Crippen LogP contribution >= 0.6 is 22.9 Å². The predicted molar refractivity (Wildman–Crippen MR) is 98.3 cm³/mol. The zero-order chi connectivity index (χ0) is 17.8. The van der Waals surface area contributed by atoms with Crippen LogP contribution in [0.2, 0.25) is 5.02 Å². The van der Waals surface area contributed by atoms with Gasteiger partial charge in [0.25, 0.3) is 0 Å². The van der Waals surface area contributed by atoms with Crippen LogP contribution in [0.25, 0.3) is 21.8 Å². The van der Waals surface area contributed by atoms with Crippen molar-refractivity contribution >= 4 is 28.9 Å². The van der Waals surface area contributed by atoms with E-state index in [9.17, 15) is 4.79 Å². The summed E-state index contributed by atoms with van der Waals surface area (Å²) in [6, 6.07) is 8.94. The molecule has 25 heavy (non-hydrogen) atoms. The second-order valence-electron chi connectivity index (χ2n) is 5.00. The Morgan fingerprint density at radius 3 is 2.64 bits per heavy atom. The fourth-order valence-electron chi connectivity index (χ4n) is 2.27. The predicted octanol–water partition coefficient (Wildman–Crippen LogP) is 4.71. The Bertz CT molecular complexity index is 897. The summed E-state index contributed by atoms with van der Waals surface area (Å²) in [5.74, 6) is 0.221. The lowest BCUT2D eigenvalue weighted by molar-refractivity contribution is 0.0532. The van der Waals surface area contributed by atoms with Crippen molar-refractivity contribution in [3.8, 4) is 27.6 Å². The van der Waals surface area contributed by atoms with Gasteiger partial charge in [0, 0.05) is 23.5 Å². The fourth-order valence-corrected chi connectivity index (χ4v) is 3.51. The van der Waals surface area contributed by atoms with Gasteiger partial charge < -0.3 is 9.47 Å². The third-order valence-electron chi connectivity index (χ3n) is 3.45. The van der Waals surface area contributed by atoms with E-state index in [-0.39, 0.29) is 6.61 Å². The van der Waals surface area contributed by atoms with E-state index >= 15 is 0 Å². The number of nitrogens with zero attached hydrogens (tertiary/aromatic N) is 2. The number of ether oxygens (including phenoxy) is 2. The largest absolute Gasteiger partial charge is 0.497 e. The SMILES string of the molecule is CCOC(=O)c1sc(-c2ccncc2)nc1-c1ccc(OC)cc1Cl. The number of aromatic nitrogens is 2. The molecular formula is C18H15ClN2O3S. The smallest absolute Gasteiger partial charge is 0.350 e. The lowest BCUT2D eigenvalue weighted by Crippen LogP contribution is -2.04. The van der Waals surface area contributed by atoms with Gasteiger partial charge in [0.1, 0.15) is 15.6 Å². The number of pyridine rings is 1. The van der Waals surface area contributed by atoms with Gasteiger partial charge in [-0.3, -0.25) is 4.98 Å². The quantitative estimate of drug-likeness (QED) is 0.605. The maximum absolute atomic E-state index is 12.4. The van der Waals surface area contributed by atoms with Crippen molar-refractivity contribution in [2.45, 2.75) is 6.92 Å². The Morgan fingerprint density at radius 1 is 1.24 bits per heavy atom. The molecule has 0 N–H and O–H groups in total. The lowest BCUT2D eigenvalue weighted by Gasteiger charge is -2.06. The Kier molecular flexibility index (Phi) is 5.31. The second-order valence-corrected chi connectivity index (χ2v) is 6.41. The van der Waals surface area contributed by atoms with Crippen molar-refractivity contribution in [3.63, 3.8) is 0 Å². The van der Waals surface area contributed by atoms with E-state index in [0.717, 1.165) is 5.56 Å². The lowest BCUT2D eigenvalue weighted by atomic mass is 10.1. The standard InChI is InChI=1S/C18H15ClN2O3S/c1-3-24-18(22)16-15(13-5-4-12(23-2)10-14(13)19)21-17(25-16)11-6-8-20-9-7-11/h4-10H,3H2,1-2H3. The van der Waals surface area contributed by atoms with Crippen LogP contribution in [0.5, 0.6) is 5.75 Å². The van der Waals surface area contributed by atoms with Crippen LogP contribution in [-0.4, -0.2) is 29.7 Å². The van der Waals surface area contributed by atoms with Crippen LogP contribution in [0.3, 0.4) is 0 Å². The molecule has 7 heteroatoms. The summed E-state index contributed by atoms with van der Waals surface area (Å²) in [6.45, 7) is 2.06. The summed E-state index contributed by atoms with van der Waals surface area (Å²) in [7, 11) is 1.57. The molecule has 0 bridgehead atoms. The molecule has 3 aromatic rings. The van der Waals surface area contributed by atoms with Crippen LogP contribution < -0.4 is 4.74 Å². The number of benzene rings is 1. The summed E-state index contributed by atoms with van der Waals surface area (Å²) in [5, 5.41) is 1.16. The minimum Gasteiger partial charge on any atom is -0.497 e. The molecule has 0 aliphatic rings. The molecule has 0 fully saturated rings. The van der Waals surface area contributed by atoms with E-state index in [1.807, 2.05) is 12.1 Å². The second kappa shape index (κ2) is 7.63. The molecular weight excluding hydrogens is 360 g/mol. The summed E-state index contributed by atoms with van der Waals surface area (Å²) in [4.78, 5) is 21.4. The Labute approximate surface area is 154 Å². The first-order valence-corrected chi connectivity index (χ1v) is 8.75. The van der Waals surface area contributed by atoms with Gasteiger partial charge in [0.05, 0.1) is 24.4 Å². The first-order valence-electron chi connectivity index (χ1n) is 7.56. The summed E-state index contributed by atoms with van der Waals surface area (Å²) < 4.78 is 10.4. The Hall–Kier alpha value is -2.44. The highest BCUT2D eigenvalue weighted by Crippen LogP contribution is 2.38. The number of rotatable bonds is 5. The van der Waals surface area contributed by atoms with E-state index in [2.05, 4.69) is 9.97 Å². The monoisotopic (exact) mass is 374 g/mol. The molecule has 0 atom stereocenters. The van der Waals surface area contributed by atoms with Crippen molar-refractivity contribution in [2.24, 2.45) is 0 Å². The van der Waals surface area contributed by atoms with Crippen molar-refractivity contribution in [1.29, 1.82) is 0 Å². The molecule has 128 valence electrons. The van der Waals surface area contributed by atoms with E-state index in [1.54, 1.807) is 44.6 Å². The van der Waals surface area contributed by atoms with Gasteiger partial charge in [-0.2, -0.15) is 0 Å². The number of carbonyl (C=O) groups excluding carboxylic acids is 1. The first-order chi connectivity index (χ1) is 12.1. The van der Waals surface area contributed by atoms with Crippen molar-refractivity contribution < 1.29 is 14.3 Å². The highest BCUT2D eigenvalue weighted by Gasteiger charge is 2.23. The van der Waals surface area contributed by atoms with E-state index in [4.69, 9.17) is 21.1 Å². The third-order valence-corrected chi connectivity index (χ3v) is 4.84. The summed E-state index contributed by atoms with van der Waals surface area (Å²) in [5.41, 5.74) is 2.03. The summed E-state index contributed by atoms with van der Waals surface area (Å²) >= 11 is 7.65. The minimum absolute atomic E-state index is 0.289. The molecule has 1 aromatic carbocycles. The van der Waals surface area contributed by atoms with Crippen LogP contribution in [-0.2, 0) is 4.74 Å². The Morgan fingerprint density at radius 2 is 2.00 bits per heavy atom. The maximum Gasteiger partial charge on any atom is 0.350 e. The van der Waals surface area contributed by atoms with Gasteiger partial charge in [-0.1, -0.05) is 11.6 Å². The molecule has 2 heterocycles. The topological polar surface area (TPSA) is 61.3 Å². The van der Waals surface area contributed by atoms with Crippen LogP contribution in [0, 0.1) is 0 Å². The zero-order valence-electron chi connectivity index (χ0n) is 13.7. The highest BCUT2D eigenvalue weighted by molar-refractivity contribution is 7.17. The minimum atomic E-state index is -0.415. The summed E-state index contributed by atoms with van der Waals surface area (Å²) in [6.07, 6.45) is 3.36. The maximum atomic E-state index is 12.4. The number of halogens is 1. The van der Waals surface area contributed by atoms with Gasteiger partial charge in [-0.25, -0.2) is 9.78 Å². The molecule has 2 aromatic heterocycles. The average Bonchev–Trinajstić information content (AvgIpc) is 3.07. The first kappa shape index (κ1) is 17.4. The number of thiazole rings is 1. The number of hydrogen-bond acceptors (Lipinski definition) is 6. The zero-order valence-corrected chi connectivity index (χ0v) is 15.2. The Balaban J connectivity index is 2.14. The van der Waals surface area contributed by atoms with Crippen molar-refractivity contribution in [1.82, 2.24) is 9.97 Å². The molecule has 3 rings (SSSR count). The van der Waals surface area contributed by atoms with Gasteiger partial charge in [-0.15, -0.1) is 11.3 Å². The van der Waals surface area contributed by atoms with Gasteiger partial charge >= 0.3 is 5.97 Å². The molecule has 0 radical (unpaired) electrons. The van der Waals surface area contributed by atoms with Crippen molar-refractivity contribution in [3.05, 3.63) is 52.6 Å². The highest BCUT2D eigenvalue weighted by atomic mass is 35.5. The molecule has 0 aliphatic heterocycles. The van der Waals surface area contributed by atoms with Crippen LogP contribution in [0.15, 0.2) is 42.7 Å². The number of hydrogen-bond donors (Lipinski definition) is 0. The molecule has 0 saturated carbocycles. The van der Waals surface area contributed by atoms with Gasteiger partial charge in [0.2, 0.25) is 0 Å². The van der Waals surface area contributed by atoms with E-state index in [1.165, 1.54) is 11.3 Å². The molecule has 0 amide bonds. The van der Waals surface area contributed by atoms with Crippen molar-refractivity contribution in [2.75, 3.05) is 13.7 Å². The third kappa shape index (κ3) is 3.65. The van der Waals surface area contributed by atoms with Gasteiger partial charge in [-0.05, 0) is 37.3 Å². The van der Waals surface area contributed by atoms with Crippen LogP contribution in [0.1, 0.15) is 16.6 Å². The molecule has 0 saturated heterocycles. The van der Waals surface area contributed by atoms with E-state index < -0.39 is 5.97 Å². The molecule has 5 nitrogen and oxygen atoms in total. The number of methoxy groups -OCH3 is 1. The molecule has 0 spiro atoms. The number of carbonyl (C=O) groups is 1. The van der Waals surface area contributed by atoms with Gasteiger partial charge in [0.15, 0.2) is 0 Å². The fraction of sp³-hybridized carbons (Fsp3) is 0.167. The van der Waals surface area contributed by atoms with Crippen LogP contribution in [0.4, 0.5) is 0 Å².